The van der Waals surface area contributed by atoms with Crippen molar-refractivity contribution in [2.24, 2.45) is 5.92 Å². The van der Waals surface area contributed by atoms with Gasteiger partial charge in [0.25, 0.3) is 0 Å². The maximum absolute atomic E-state index is 10.5. The second-order valence-electron chi connectivity index (χ2n) is 2.84. The lowest BCUT2D eigenvalue weighted by Gasteiger charge is -2.07. The normalized spacial score (nSPS) is 12.1. The summed E-state index contributed by atoms with van der Waals surface area (Å²) in [5.41, 5.74) is 0. The van der Waals surface area contributed by atoms with E-state index in [4.69, 9.17) is 5.11 Å². The lowest BCUT2D eigenvalue weighted by molar-refractivity contribution is -0.140. The Morgan fingerprint density at radius 2 is 2.46 bits per heavy atom. The van der Waals surface area contributed by atoms with Gasteiger partial charge in [-0.05, 0) is 12.1 Å². The van der Waals surface area contributed by atoms with E-state index in [2.05, 4.69) is 10.3 Å². The van der Waals surface area contributed by atoms with E-state index in [0.717, 1.165) is 0 Å². The summed E-state index contributed by atoms with van der Waals surface area (Å²) >= 11 is 0. The molecular weight excluding hydrogens is 168 g/mol. The SMILES string of the molecule is C[C@H](CNc1ccccn1)C(=O)O. The van der Waals surface area contributed by atoms with Crippen molar-refractivity contribution in [1.29, 1.82) is 0 Å². The fourth-order valence-corrected chi connectivity index (χ4v) is 0.812. The van der Waals surface area contributed by atoms with Crippen molar-refractivity contribution >= 4 is 11.8 Å². The van der Waals surface area contributed by atoms with Crippen molar-refractivity contribution in [1.82, 2.24) is 4.98 Å². The van der Waals surface area contributed by atoms with Crippen molar-refractivity contribution < 1.29 is 9.90 Å². The molecule has 4 nitrogen and oxygen atoms in total. The molecule has 0 aromatic carbocycles. The van der Waals surface area contributed by atoms with Crippen molar-refractivity contribution in [3.63, 3.8) is 0 Å². The molecule has 0 spiro atoms. The summed E-state index contributed by atoms with van der Waals surface area (Å²) in [5.74, 6) is -0.499. The average Bonchev–Trinajstić information content (AvgIpc) is 2.15. The topological polar surface area (TPSA) is 62.2 Å². The maximum Gasteiger partial charge on any atom is 0.308 e. The quantitative estimate of drug-likeness (QED) is 0.731. The number of hydrogen-bond acceptors (Lipinski definition) is 3. The summed E-state index contributed by atoms with van der Waals surface area (Å²) in [6.45, 7) is 2.05. The number of pyridine rings is 1. The van der Waals surface area contributed by atoms with Crippen LogP contribution in [0.15, 0.2) is 24.4 Å². The van der Waals surface area contributed by atoms with Crippen LogP contribution >= 0.6 is 0 Å². The van der Waals surface area contributed by atoms with Crippen LogP contribution in [0.2, 0.25) is 0 Å². The van der Waals surface area contributed by atoms with E-state index in [1.54, 1.807) is 19.2 Å². The number of hydrogen-bond donors (Lipinski definition) is 2. The van der Waals surface area contributed by atoms with Crippen LogP contribution in [0.5, 0.6) is 0 Å². The van der Waals surface area contributed by atoms with Gasteiger partial charge in [-0.15, -0.1) is 0 Å². The maximum atomic E-state index is 10.5. The van der Waals surface area contributed by atoms with E-state index in [9.17, 15) is 4.79 Å². The number of carbonyl (C=O) groups is 1. The number of carboxylic acids is 1. The third-order valence-corrected chi connectivity index (χ3v) is 1.68. The van der Waals surface area contributed by atoms with E-state index in [0.29, 0.717) is 12.4 Å². The monoisotopic (exact) mass is 180 g/mol. The predicted octanol–water partition coefficient (Wildman–Crippen LogP) is 1.21. The Balaban J connectivity index is 2.39. The van der Waals surface area contributed by atoms with Crippen molar-refractivity contribution in [2.45, 2.75) is 6.92 Å². The number of nitrogens with one attached hydrogen (secondary N) is 1. The lowest BCUT2D eigenvalue weighted by Crippen LogP contribution is -2.19. The Hall–Kier alpha value is -1.58. The first-order valence-electron chi connectivity index (χ1n) is 4.08. The fourth-order valence-electron chi connectivity index (χ4n) is 0.812. The van der Waals surface area contributed by atoms with Crippen LogP contribution in [0.1, 0.15) is 6.92 Å². The van der Waals surface area contributed by atoms with Gasteiger partial charge in [-0.1, -0.05) is 13.0 Å². The van der Waals surface area contributed by atoms with Crippen LogP contribution in [0.25, 0.3) is 0 Å². The molecule has 0 fully saturated rings. The van der Waals surface area contributed by atoms with Gasteiger partial charge in [0.15, 0.2) is 0 Å². The summed E-state index contributed by atoms with van der Waals surface area (Å²) < 4.78 is 0. The minimum absolute atomic E-state index is 0.395. The highest BCUT2D eigenvalue weighted by atomic mass is 16.4. The molecule has 2 N–H and O–H groups in total. The summed E-state index contributed by atoms with van der Waals surface area (Å²) in [5, 5.41) is 11.5. The van der Waals surface area contributed by atoms with Crippen LogP contribution in [0, 0.1) is 5.92 Å². The first kappa shape index (κ1) is 9.51. The molecule has 0 radical (unpaired) electrons. The zero-order valence-corrected chi connectivity index (χ0v) is 7.40. The Morgan fingerprint density at radius 3 is 3.00 bits per heavy atom. The van der Waals surface area contributed by atoms with Crippen molar-refractivity contribution in [3.8, 4) is 0 Å². The van der Waals surface area contributed by atoms with Gasteiger partial charge in [0.05, 0.1) is 5.92 Å². The Labute approximate surface area is 76.6 Å². The van der Waals surface area contributed by atoms with Gasteiger partial charge in [0.2, 0.25) is 0 Å². The zero-order valence-electron chi connectivity index (χ0n) is 7.40. The standard InChI is InChI=1S/C9H12N2O2/c1-7(9(12)13)6-11-8-4-2-3-5-10-8/h2-5,7H,6H2,1H3,(H,10,11)(H,12,13)/t7-/m1/s1. The van der Waals surface area contributed by atoms with Gasteiger partial charge in [0, 0.05) is 12.7 Å². The minimum Gasteiger partial charge on any atom is -0.481 e. The van der Waals surface area contributed by atoms with Crippen LogP contribution in [0.3, 0.4) is 0 Å². The fraction of sp³-hybridized carbons (Fsp3) is 0.333. The minimum atomic E-state index is -0.802. The first-order valence-corrected chi connectivity index (χ1v) is 4.08. The second kappa shape index (κ2) is 4.45. The van der Waals surface area contributed by atoms with Crippen LogP contribution in [0.4, 0.5) is 5.82 Å². The highest BCUT2D eigenvalue weighted by Gasteiger charge is 2.09. The summed E-state index contributed by atoms with van der Waals surface area (Å²) in [7, 11) is 0. The van der Waals surface area contributed by atoms with Crippen molar-refractivity contribution in [3.05, 3.63) is 24.4 Å². The number of rotatable bonds is 4. The predicted molar refractivity (Wildman–Crippen MR) is 49.5 cm³/mol. The van der Waals surface area contributed by atoms with E-state index in [1.165, 1.54) is 0 Å². The molecule has 1 aromatic rings. The lowest BCUT2D eigenvalue weighted by atomic mass is 10.2. The van der Waals surface area contributed by atoms with Gasteiger partial charge < -0.3 is 10.4 Å². The van der Waals surface area contributed by atoms with Crippen molar-refractivity contribution in [2.75, 3.05) is 11.9 Å². The summed E-state index contributed by atoms with van der Waals surface area (Å²) in [6, 6.07) is 5.46. The molecular formula is C9H12N2O2. The second-order valence-corrected chi connectivity index (χ2v) is 2.84. The average molecular weight is 180 g/mol. The molecule has 0 aliphatic rings. The van der Waals surface area contributed by atoms with Gasteiger partial charge >= 0.3 is 5.97 Å². The molecule has 0 saturated heterocycles. The molecule has 70 valence electrons. The summed E-state index contributed by atoms with van der Waals surface area (Å²) in [6.07, 6.45) is 1.66. The molecule has 0 aliphatic heterocycles. The van der Waals surface area contributed by atoms with Gasteiger partial charge in [-0.3, -0.25) is 4.79 Å². The molecule has 0 bridgehead atoms. The molecule has 1 rings (SSSR count). The first-order chi connectivity index (χ1) is 6.20. The van der Waals surface area contributed by atoms with E-state index in [-0.39, 0.29) is 0 Å². The third-order valence-electron chi connectivity index (χ3n) is 1.68. The molecule has 0 unspecified atom stereocenters. The molecule has 1 aromatic heterocycles. The number of aliphatic carboxylic acids is 1. The molecule has 0 amide bonds. The van der Waals surface area contributed by atoms with Gasteiger partial charge in [0.1, 0.15) is 5.82 Å². The smallest absolute Gasteiger partial charge is 0.308 e. The molecule has 1 atom stereocenters. The number of carboxylic acid groups (broad SMARTS) is 1. The highest BCUT2D eigenvalue weighted by Crippen LogP contribution is 2.02. The van der Waals surface area contributed by atoms with Crippen LogP contribution < -0.4 is 5.32 Å². The Kier molecular flexibility index (Phi) is 3.25. The van der Waals surface area contributed by atoms with E-state index in [1.807, 2.05) is 12.1 Å². The highest BCUT2D eigenvalue weighted by molar-refractivity contribution is 5.70. The molecule has 0 saturated carbocycles. The van der Waals surface area contributed by atoms with E-state index < -0.39 is 11.9 Å². The van der Waals surface area contributed by atoms with Gasteiger partial charge in [-0.25, -0.2) is 4.98 Å². The zero-order chi connectivity index (χ0) is 9.68. The molecule has 1 heterocycles. The van der Waals surface area contributed by atoms with E-state index >= 15 is 0 Å². The molecule has 13 heavy (non-hydrogen) atoms. The number of anilines is 1. The van der Waals surface area contributed by atoms with Gasteiger partial charge in [-0.2, -0.15) is 0 Å². The van der Waals surface area contributed by atoms with Crippen LogP contribution in [-0.2, 0) is 4.79 Å². The third kappa shape index (κ3) is 3.11. The number of aromatic nitrogens is 1. The summed E-state index contributed by atoms with van der Waals surface area (Å²) in [4.78, 5) is 14.5. The largest absolute Gasteiger partial charge is 0.481 e. The van der Waals surface area contributed by atoms with Crippen LogP contribution in [-0.4, -0.2) is 22.6 Å². The molecule has 4 heteroatoms. The Bertz CT molecular complexity index is 274. The Morgan fingerprint density at radius 1 is 1.69 bits per heavy atom. The number of nitrogens with zero attached hydrogens (tertiary/aromatic N) is 1. The molecule has 0 aliphatic carbocycles.